The number of methoxy groups -OCH3 is 1. The lowest BCUT2D eigenvalue weighted by molar-refractivity contribution is 0.125. The van der Waals surface area contributed by atoms with Crippen LogP contribution in [0.15, 0.2) is 41.4 Å². The van der Waals surface area contributed by atoms with Crippen LogP contribution in [-0.2, 0) is 0 Å². The summed E-state index contributed by atoms with van der Waals surface area (Å²) in [6.07, 6.45) is 4.74. The number of guanidine groups is 1. The Labute approximate surface area is 195 Å². The molecule has 3 rings (SSSR count). The molecule has 2 atom stereocenters. The molecule has 1 aromatic rings. The molecule has 2 saturated heterocycles. The van der Waals surface area contributed by atoms with E-state index in [9.17, 15) is 0 Å². The standard InChI is InChI=1S/C26H43N5O/c1-6-27-26(29-23-13-16-31(17-14-23)19-20(2)3)28-18-22-8-7-15-30(4)25(22)21-9-11-24(32-5)12-10-21/h9-12,22-23,25H,2,6-8,13-19H2,1,3-5H3,(H2,27,28,29). The molecular formula is C26H43N5O. The minimum atomic E-state index is 0.395. The number of nitrogens with zero attached hydrogens (tertiary/aromatic N) is 3. The number of aliphatic imine (C=N–C) groups is 1. The molecule has 2 N–H and O–H groups in total. The highest BCUT2D eigenvalue weighted by atomic mass is 16.5. The van der Waals surface area contributed by atoms with Crippen LogP contribution in [-0.4, -0.2) is 75.2 Å². The van der Waals surface area contributed by atoms with Crippen molar-refractivity contribution in [1.82, 2.24) is 20.4 Å². The molecule has 6 nitrogen and oxygen atoms in total. The zero-order valence-corrected chi connectivity index (χ0v) is 20.6. The summed E-state index contributed by atoms with van der Waals surface area (Å²) in [5, 5.41) is 7.19. The van der Waals surface area contributed by atoms with Crippen LogP contribution in [0.5, 0.6) is 5.75 Å². The first kappa shape index (κ1) is 24.6. The maximum atomic E-state index is 5.35. The molecule has 0 saturated carbocycles. The molecule has 2 fully saturated rings. The summed E-state index contributed by atoms with van der Waals surface area (Å²) in [7, 11) is 3.96. The summed E-state index contributed by atoms with van der Waals surface area (Å²) in [4.78, 5) is 10.0. The Hall–Kier alpha value is -2.05. The molecule has 0 amide bonds. The molecule has 2 unspecified atom stereocenters. The molecule has 2 aliphatic heterocycles. The highest BCUT2D eigenvalue weighted by molar-refractivity contribution is 5.80. The third-order valence-electron chi connectivity index (χ3n) is 6.71. The molecule has 1 aromatic carbocycles. The predicted octanol–water partition coefficient (Wildman–Crippen LogP) is 3.67. The van der Waals surface area contributed by atoms with E-state index in [-0.39, 0.29) is 0 Å². The van der Waals surface area contributed by atoms with Crippen molar-refractivity contribution in [2.45, 2.75) is 51.6 Å². The largest absolute Gasteiger partial charge is 0.497 e. The Kier molecular flexibility index (Phi) is 9.42. The Bertz CT molecular complexity index is 739. The van der Waals surface area contributed by atoms with Crippen molar-refractivity contribution < 1.29 is 4.74 Å². The fourth-order valence-electron chi connectivity index (χ4n) is 5.12. The fourth-order valence-corrected chi connectivity index (χ4v) is 5.12. The van der Waals surface area contributed by atoms with Crippen LogP contribution in [0.3, 0.4) is 0 Å². The number of ether oxygens (including phenoxy) is 1. The van der Waals surface area contributed by atoms with Crippen LogP contribution in [0.1, 0.15) is 51.1 Å². The molecule has 6 heteroatoms. The quantitative estimate of drug-likeness (QED) is 0.366. The SMILES string of the molecule is C=C(C)CN1CCC(NC(=NCC2CCCN(C)C2c2ccc(OC)cc2)NCC)CC1. The Balaban J connectivity index is 1.62. The van der Waals surface area contributed by atoms with E-state index in [0.717, 1.165) is 63.8 Å². The third-order valence-corrected chi connectivity index (χ3v) is 6.71. The summed E-state index contributed by atoms with van der Waals surface area (Å²) >= 11 is 0. The van der Waals surface area contributed by atoms with Crippen molar-refractivity contribution in [2.24, 2.45) is 10.9 Å². The van der Waals surface area contributed by atoms with Gasteiger partial charge >= 0.3 is 0 Å². The van der Waals surface area contributed by atoms with Crippen LogP contribution in [0.4, 0.5) is 0 Å². The van der Waals surface area contributed by atoms with Gasteiger partial charge in [0.2, 0.25) is 0 Å². The van der Waals surface area contributed by atoms with Gasteiger partial charge in [-0.15, -0.1) is 0 Å². The second kappa shape index (κ2) is 12.3. The van der Waals surface area contributed by atoms with Crippen molar-refractivity contribution in [3.05, 3.63) is 42.0 Å². The van der Waals surface area contributed by atoms with E-state index in [0.29, 0.717) is 18.0 Å². The van der Waals surface area contributed by atoms with E-state index in [1.807, 2.05) is 0 Å². The molecule has 0 radical (unpaired) electrons. The van der Waals surface area contributed by atoms with Crippen molar-refractivity contribution >= 4 is 5.96 Å². The summed E-state index contributed by atoms with van der Waals surface area (Å²) in [6, 6.07) is 9.45. The van der Waals surface area contributed by atoms with Gasteiger partial charge in [0.25, 0.3) is 0 Å². The molecule has 0 aromatic heterocycles. The van der Waals surface area contributed by atoms with Crippen molar-refractivity contribution in [1.29, 1.82) is 0 Å². The lowest BCUT2D eigenvalue weighted by Gasteiger charge is -2.39. The second-order valence-electron chi connectivity index (χ2n) is 9.47. The number of piperidine rings is 2. The Morgan fingerprint density at radius 1 is 1.16 bits per heavy atom. The lowest BCUT2D eigenvalue weighted by Crippen LogP contribution is -2.49. The van der Waals surface area contributed by atoms with Gasteiger partial charge in [-0.05, 0) is 76.7 Å². The van der Waals surface area contributed by atoms with Gasteiger partial charge in [-0.3, -0.25) is 14.8 Å². The summed E-state index contributed by atoms with van der Waals surface area (Å²) in [5.41, 5.74) is 2.60. The lowest BCUT2D eigenvalue weighted by atomic mass is 9.85. The first-order valence-corrected chi connectivity index (χ1v) is 12.3. The zero-order chi connectivity index (χ0) is 22.9. The average Bonchev–Trinajstić information content (AvgIpc) is 2.79. The van der Waals surface area contributed by atoms with E-state index in [1.54, 1.807) is 7.11 Å². The van der Waals surface area contributed by atoms with Crippen LogP contribution >= 0.6 is 0 Å². The van der Waals surface area contributed by atoms with Gasteiger partial charge < -0.3 is 15.4 Å². The topological polar surface area (TPSA) is 52.1 Å². The summed E-state index contributed by atoms with van der Waals surface area (Å²) in [6.45, 7) is 14.4. The van der Waals surface area contributed by atoms with Gasteiger partial charge in [0, 0.05) is 44.8 Å². The average molecular weight is 442 g/mol. The minimum Gasteiger partial charge on any atom is -0.497 e. The van der Waals surface area contributed by atoms with Gasteiger partial charge in [0.05, 0.1) is 7.11 Å². The molecule has 178 valence electrons. The van der Waals surface area contributed by atoms with Gasteiger partial charge in [0.1, 0.15) is 5.75 Å². The number of benzene rings is 1. The molecular weight excluding hydrogens is 398 g/mol. The minimum absolute atomic E-state index is 0.395. The van der Waals surface area contributed by atoms with E-state index >= 15 is 0 Å². The Morgan fingerprint density at radius 2 is 1.88 bits per heavy atom. The van der Waals surface area contributed by atoms with Crippen LogP contribution in [0.2, 0.25) is 0 Å². The number of nitrogens with one attached hydrogen (secondary N) is 2. The van der Waals surface area contributed by atoms with E-state index < -0.39 is 0 Å². The predicted molar refractivity (Wildman–Crippen MR) is 134 cm³/mol. The van der Waals surface area contributed by atoms with Crippen molar-refractivity contribution in [2.75, 3.05) is 53.4 Å². The van der Waals surface area contributed by atoms with E-state index in [1.165, 1.54) is 24.0 Å². The van der Waals surface area contributed by atoms with Crippen LogP contribution in [0.25, 0.3) is 0 Å². The normalized spacial score (nSPS) is 23.7. The molecule has 32 heavy (non-hydrogen) atoms. The van der Waals surface area contributed by atoms with Gasteiger partial charge in [-0.25, -0.2) is 0 Å². The van der Waals surface area contributed by atoms with Crippen LogP contribution < -0.4 is 15.4 Å². The summed E-state index contributed by atoms with van der Waals surface area (Å²) < 4.78 is 5.35. The molecule has 2 aliphatic rings. The summed E-state index contributed by atoms with van der Waals surface area (Å²) in [5.74, 6) is 2.39. The monoisotopic (exact) mass is 441 g/mol. The Morgan fingerprint density at radius 3 is 2.50 bits per heavy atom. The van der Waals surface area contributed by atoms with E-state index in [2.05, 4.69) is 72.2 Å². The fraction of sp³-hybridized carbons (Fsp3) is 0.654. The first-order valence-electron chi connectivity index (χ1n) is 12.3. The highest BCUT2D eigenvalue weighted by Gasteiger charge is 2.30. The number of hydrogen-bond acceptors (Lipinski definition) is 4. The molecule has 0 aliphatic carbocycles. The smallest absolute Gasteiger partial charge is 0.191 e. The first-order chi connectivity index (χ1) is 15.5. The molecule has 2 heterocycles. The second-order valence-corrected chi connectivity index (χ2v) is 9.47. The number of rotatable bonds is 8. The molecule has 0 spiro atoms. The van der Waals surface area contributed by atoms with Crippen molar-refractivity contribution in [3.8, 4) is 5.75 Å². The van der Waals surface area contributed by atoms with Crippen LogP contribution in [0, 0.1) is 5.92 Å². The van der Waals surface area contributed by atoms with Gasteiger partial charge in [-0.2, -0.15) is 0 Å². The number of likely N-dealkylation sites (tertiary alicyclic amines) is 2. The third kappa shape index (κ3) is 6.97. The highest BCUT2D eigenvalue weighted by Crippen LogP contribution is 2.35. The maximum Gasteiger partial charge on any atom is 0.191 e. The maximum absolute atomic E-state index is 5.35. The zero-order valence-electron chi connectivity index (χ0n) is 20.6. The number of hydrogen-bond donors (Lipinski definition) is 2. The van der Waals surface area contributed by atoms with E-state index in [4.69, 9.17) is 9.73 Å². The van der Waals surface area contributed by atoms with Gasteiger partial charge in [0.15, 0.2) is 5.96 Å². The van der Waals surface area contributed by atoms with Crippen molar-refractivity contribution in [3.63, 3.8) is 0 Å². The van der Waals surface area contributed by atoms with Gasteiger partial charge in [-0.1, -0.05) is 24.3 Å². The molecule has 0 bridgehead atoms.